The highest BCUT2D eigenvalue weighted by Gasteiger charge is 2.14. The number of methoxy groups -OCH3 is 1. The second kappa shape index (κ2) is 11.4. The quantitative estimate of drug-likeness (QED) is 0.481. The number of rotatable bonds is 11. The number of carbonyl (C=O) groups excluding carboxylic acids is 1. The lowest BCUT2D eigenvalue weighted by molar-refractivity contribution is -0.138. The first-order valence-corrected chi connectivity index (χ1v) is 9.54. The molecule has 2 rings (SSSR count). The van der Waals surface area contributed by atoms with Crippen LogP contribution in [-0.2, 0) is 22.4 Å². The number of nitrogens with two attached hydrogens (primary N) is 1. The van der Waals surface area contributed by atoms with Gasteiger partial charge in [-0.15, -0.1) is 0 Å². The van der Waals surface area contributed by atoms with Gasteiger partial charge in [-0.3, -0.25) is 9.59 Å². The number of amides is 1. The molecular weight excluding hydrogens is 396 g/mol. The molecule has 0 aliphatic carbocycles. The van der Waals surface area contributed by atoms with Gasteiger partial charge < -0.3 is 25.6 Å². The minimum atomic E-state index is -1.02. The summed E-state index contributed by atoms with van der Waals surface area (Å²) < 4.78 is 10.5. The summed E-state index contributed by atoms with van der Waals surface area (Å²) in [5.41, 5.74) is 7.78. The van der Waals surface area contributed by atoms with Gasteiger partial charge in [-0.05, 0) is 42.2 Å². The Labute approximate surface area is 174 Å². The molecule has 1 atom stereocenters. The first-order valence-electron chi connectivity index (χ1n) is 9.16. The third-order valence-corrected chi connectivity index (χ3v) is 4.46. The first-order chi connectivity index (χ1) is 13.9. The molecule has 8 heteroatoms. The van der Waals surface area contributed by atoms with Crippen LogP contribution in [0.25, 0.3) is 0 Å². The molecule has 0 aliphatic heterocycles. The van der Waals surface area contributed by atoms with Gasteiger partial charge >= 0.3 is 5.97 Å². The van der Waals surface area contributed by atoms with Gasteiger partial charge in [-0.25, -0.2) is 0 Å². The van der Waals surface area contributed by atoms with Gasteiger partial charge in [0.25, 0.3) is 5.91 Å². The van der Waals surface area contributed by atoms with Crippen molar-refractivity contribution in [2.75, 3.05) is 26.9 Å². The lowest BCUT2D eigenvalue weighted by Gasteiger charge is -2.12. The van der Waals surface area contributed by atoms with Gasteiger partial charge in [0, 0.05) is 18.7 Å². The van der Waals surface area contributed by atoms with E-state index in [4.69, 9.17) is 31.9 Å². The predicted molar refractivity (Wildman–Crippen MR) is 111 cm³/mol. The van der Waals surface area contributed by atoms with Crippen LogP contribution in [0.4, 0.5) is 0 Å². The number of benzene rings is 2. The Kier molecular flexibility index (Phi) is 8.92. The summed E-state index contributed by atoms with van der Waals surface area (Å²) in [5, 5.41) is 12.2. The van der Waals surface area contributed by atoms with Crippen LogP contribution < -0.4 is 15.8 Å². The maximum absolute atomic E-state index is 12.5. The molecule has 0 bridgehead atoms. The van der Waals surface area contributed by atoms with Crippen LogP contribution in [0.5, 0.6) is 5.75 Å². The second-order valence-corrected chi connectivity index (χ2v) is 6.89. The normalized spacial score (nSPS) is 11.7. The van der Waals surface area contributed by atoms with E-state index in [2.05, 4.69) is 5.32 Å². The predicted octanol–water partition coefficient (Wildman–Crippen LogP) is 2.29. The molecule has 0 saturated heterocycles. The summed E-state index contributed by atoms with van der Waals surface area (Å²) in [7, 11) is 1.58. The molecule has 0 aromatic heterocycles. The molecule has 0 spiro atoms. The molecule has 1 amide bonds. The molecule has 0 heterocycles. The summed E-state index contributed by atoms with van der Waals surface area (Å²) in [6, 6.07) is 11.5. The zero-order valence-electron chi connectivity index (χ0n) is 16.2. The number of carboxylic acid groups (broad SMARTS) is 1. The fourth-order valence-corrected chi connectivity index (χ4v) is 2.81. The van der Waals surface area contributed by atoms with E-state index in [1.54, 1.807) is 25.3 Å². The van der Waals surface area contributed by atoms with Crippen molar-refractivity contribution >= 4 is 23.5 Å². The number of carboxylic acids is 1. The molecule has 2 aromatic rings. The van der Waals surface area contributed by atoms with Crippen molar-refractivity contribution in [2.24, 2.45) is 5.73 Å². The topological polar surface area (TPSA) is 111 Å². The molecule has 2 aromatic carbocycles. The maximum Gasteiger partial charge on any atom is 0.320 e. The van der Waals surface area contributed by atoms with Crippen LogP contribution in [0.3, 0.4) is 0 Å². The van der Waals surface area contributed by atoms with Crippen molar-refractivity contribution in [2.45, 2.75) is 18.9 Å². The zero-order valence-corrected chi connectivity index (χ0v) is 16.9. The van der Waals surface area contributed by atoms with Gasteiger partial charge in [-0.1, -0.05) is 35.9 Å². The van der Waals surface area contributed by atoms with Crippen molar-refractivity contribution in [3.8, 4) is 5.75 Å². The van der Waals surface area contributed by atoms with E-state index in [-0.39, 0.29) is 12.3 Å². The molecule has 7 nitrogen and oxygen atoms in total. The van der Waals surface area contributed by atoms with E-state index in [9.17, 15) is 9.59 Å². The SMILES string of the molecule is COCCOc1ccc(Cl)cc1C(=O)NCCc1ccc(C[C@H](N)C(=O)O)cc1. The van der Waals surface area contributed by atoms with Crippen LogP contribution in [0.15, 0.2) is 42.5 Å². The Bertz CT molecular complexity index is 826. The van der Waals surface area contributed by atoms with Gasteiger partial charge in [-0.2, -0.15) is 0 Å². The number of aliphatic carboxylic acids is 1. The van der Waals surface area contributed by atoms with Gasteiger partial charge in [0.05, 0.1) is 12.2 Å². The minimum Gasteiger partial charge on any atom is -0.490 e. The molecule has 29 heavy (non-hydrogen) atoms. The standard InChI is InChI=1S/C21H25ClN2O5/c1-28-10-11-29-19-7-6-16(22)13-17(19)20(25)24-9-8-14-2-4-15(5-3-14)12-18(23)21(26)27/h2-7,13,18H,8-12,23H2,1H3,(H,24,25)(H,26,27)/t18-/m0/s1. The van der Waals surface area contributed by atoms with E-state index < -0.39 is 12.0 Å². The van der Waals surface area contributed by atoms with Crippen molar-refractivity contribution in [1.29, 1.82) is 0 Å². The monoisotopic (exact) mass is 420 g/mol. The van der Waals surface area contributed by atoms with Crippen LogP contribution >= 0.6 is 11.6 Å². The summed E-state index contributed by atoms with van der Waals surface area (Å²) in [4.78, 5) is 23.4. The number of ether oxygens (including phenoxy) is 2. The molecule has 4 N–H and O–H groups in total. The third-order valence-electron chi connectivity index (χ3n) is 4.23. The minimum absolute atomic E-state index is 0.271. The number of hydrogen-bond donors (Lipinski definition) is 3. The first kappa shape index (κ1) is 22.7. The molecule has 0 unspecified atom stereocenters. The Morgan fingerprint density at radius 1 is 1.14 bits per heavy atom. The third kappa shape index (κ3) is 7.38. The molecular formula is C21H25ClN2O5. The van der Waals surface area contributed by atoms with E-state index >= 15 is 0 Å². The molecule has 0 aliphatic rings. The Morgan fingerprint density at radius 3 is 2.48 bits per heavy atom. The lowest BCUT2D eigenvalue weighted by Crippen LogP contribution is -2.32. The highest BCUT2D eigenvalue weighted by Crippen LogP contribution is 2.23. The highest BCUT2D eigenvalue weighted by atomic mass is 35.5. The molecule has 0 fully saturated rings. The zero-order chi connectivity index (χ0) is 21.2. The van der Waals surface area contributed by atoms with E-state index in [0.29, 0.717) is 42.5 Å². The van der Waals surface area contributed by atoms with Crippen molar-refractivity contribution < 1.29 is 24.2 Å². The van der Waals surface area contributed by atoms with Crippen LogP contribution in [0, 0.1) is 0 Å². The smallest absolute Gasteiger partial charge is 0.320 e. The molecule has 0 saturated carbocycles. The van der Waals surface area contributed by atoms with Gasteiger partial charge in [0.1, 0.15) is 18.4 Å². The van der Waals surface area contributed by atoms with Gasteiger partial charge in [0.15, 0.2) is 0 Å². The fraction of sp³-hybridized carbons (Fsp3) is 0.333. The van der Waals surface area contributed by atoms with E-state index in [1.807, 2.05) is 24.3 Å². The van der Waals surface area contributed by atoms with Crippen LogP contribution in [0.1, 0.15) is 21.5 Å². The average molecular weight is 421 g/mol. The summed E-state index contributed by atoms with van der Waals surface area (Å²) >= 11 is 6.02. The Hall–Kier alpha value is -2.61. The average Bonchev–Trinajstić information content (AvgIpc) is 2.70. The van der Waals surface area contributed by atoms with E-state index in [1.165, 1.54) is 0 Å². The Balaban J connectivity index is 1.89. The number of hydrogen-bond acceptors (Lipinski definition) is 5. The molecule has 156 valence electrons. The van der Waals surface area contributed by atoms with Crippen molar-refractivity contribution in [1.82, 2.24) is 5.32 Å². The second-order valence-electron chi connectivity index (χ2n) is 6.45. The number of halogens is 1. The van der Waals surface area contributed by atoms with Crippen LogP contribution in [0.2, 0.25) is 5.02 Å². The maximum atomic E-state index is 12.5. The fourth-order valence-electron chi connectivity index (χ4n) is 2.64. The largest absolute Gasteiger partial charge is 0.490 e. The van der Waals surface area contributed by atoms with E-state index in [0.717, 1.165) is 11.1 Å². The summed E-state index contributed by atoms with van der Waals surface area (Å²) in [6.45, 7) is 1.17. The summed E-state index contributed by atoms with van der Waals surface area (Å²) in [5.74, 6) is -0.851. The molecule has 0 radical (unpaired) electrons. The van der Waals surface area contributed by atoms with Gasteiger partial charge in [0.2, 0.25) is 0 Å². The van der Waals surface area contributed by atoms with Crippen molar-refractivity contribution in [3.05, 3.63) is 64.2 Å². The Morgan fingerprint density at radius 2 is 1.83 bits per heavy atom. The number of carbonyl (C=O) groups is 2. The van der Waals surface area contributed by atoms with Crippen molar-refractivity contribution in [3.63, 3.8) is 0 Å². The highest BCUT2D eigenvalue weighted by molar-refractivity contribution is 6.31. The van der Waals surface area contributed by atoms with Crippen LogP contribution in [-0.4, -0.2) is 49.9 Å². The lowest BCUT2D eigenvalue weighted by atomic mass is 10.0. The number of nitrogens with one attached hydrogen (secondary N) is 1. The summed E-state index contributed by atoms with van der Waals surface area (Å²) in [6.07, 6.45) is 0.893.